The molecular formula is C14H19N3O2. The second kappa shape index (κ2) is 4.90. The summed E-state index contributed by atoms with van der Waals surface area (Å²) in [6.07, 6.45) is 0. The number of fused-ring (bicyclic) bond motifs is 1. The summed E-state index contributed by atoms with van der Waals surface area (Å²) in [5, 5.41) is 14.4. The molecule has 5 heteroatoms. The summed E-state index contributed by atoms with van der Waals surface area (Å²) in [6, 6.07) is 5.38. The van der Waals surface area contributed by atoms with Crippen LogP contribution in [-0.4, -0.2) is 36.0 Å². The van der Waals surface area contributed by atoms with Crippen LogP contribution in [0.15, 0.2) is 18.2 Å². The largest absolute Gasteiger partial charge is 0.316 e. The van der Waals surface area contributed by atoms with Gasteiger partial charge in [0, 0.05) is 31.3 Å². The lowest BCUT2D eigenvalue weighted by Gasteiger charge is -2.18. The molecule has 102 valence electrons. The van der Waals surface area contributed by atoms with Crippen molar-refractivity contribution in [1.82, 2.24) is 10.2 Å². The van der Waals surface area contributed by atoms with Gasteiger partial charge in [0.2, 0.25) is 0 Å². The van der Waals surface area contributed by atoms with Gasteiger partial charge in [-0.3, -0.25) is 15.0 Å². The van der Waals surface area contributed by atoms with Gasteiger partial charge < -0.3 is 5.32 Å². The number of nitro groups is 1. The Balaban J connectivity index is 1.74. The van der Waals surface area contributed by atoms with Crippen molar-refractivity contribution in [3.8, 4) is 0 Å². The molecule has 19 heavy (non-hydrogen) atoms. The van der Waals surface area contributed by atoms with E-state index in [-0.39, 0.29) is 10.6 Å². The fourth-order valence-electron chi connectivity index (χ4n) is 3.36. The van der Waals surface area contributed by atoms with Gasteiger partial charge in [-0.2, -0.15) is 0 Å². The third-order valence-electron chi connectivity index (χ3n) is 4.47. The summed E-state index contributed by atoms with van der Waals surface area (Å²) >= 11 is 0. The monoisotopic (exact) mass is 261 g/mol. The second-order valence-electron chi connectivity index (χ2n) is 5.69. The molecule has 0 unspecified atom stereocenters. The van der Waals surface area contributed by atoms with E-state index < -0.39 is 0 Å². The Morgan fingerprint density at radius 3 is 2.68 bits per heavy atom. The highest BCUT2D eigenvalue weighted by atomic mass is 16.6. The third-order valence-corrected chi connectivity index (χ3v) is 4.47. The van der Waals surface area contributed by atoms with Gasteiger partial charge in [-0.25, -0.2) is 0 Å². The summed E-state index contributed by atoms with van der Waals surface area (Å²) in [7, 11) is 0. The molecule has 0 radical (unpaired) electrons. The van der Waals surface area contributed by atoms with Gasteiger partial charge >= 0.3 is 0 Å². The van der Waals surface area contributed by atoms with E-state index in [4.69, 9.17) is 0 Å². The topological polar surface area (TPSA) is 58.4 Å². The van der Waals surface area contributed by atoms with E-state index in [1.807, 2.05) is 13.0 Å². The van der Waals surface area contributed by atoms with Gasteiger partial charge in [0.25, 0.3) is 5.69 Å². The Morgan fingerprint density at radius 1 is 1.37 bits per heavy atom. The minimum atomic E-state index is -0.290. The van der Waals surface area contributed by atoms with Crippen LogP contribution in [-0.2, 0) is 6.54 Å². The van der Waals surface area contributed by atoms with Crippen LogP contribution in [0.2, 0.25) is 0 Å². The quantitative estimate of drug-likeness (QED) is 0.662. The number of likely N-dealkylation sites (tertiary alicyclic amines) is 1. The van der Waals surface area contributed by atoms with Gasteiger partial charge in [-0.05, 0) is 37.4 Å². The highest BCUT2D eigenvalue weighted by Gasteiger charge is 2.36. The molecule has 2 saturated heterocycles. The number of hydrogen-bond donors (Lipinski definition) is 1. The number of nitrogens with zero attached hydrogens (tertiary/aromatic N) is 2. The molecule has 2 heterocycles. The summed E-state index contributed by atoms with van der Waals surface area (Å²) in [4.78, 5) is 13.1. The maximum Gasteiger partial charge on any atom is 0.272 e. The maximum absolute atomic E-state index is 11.0. The van der Waals surface area contributed by atoms with Crippen molar-refractivity contribution in [2.45, 2.75) is 13.5 Å². The molecule has 1 aromatic rings. The fourth-order valence-corrected chi connectivity index (χ4v) is 3.36. The number of rotatable bonds is 3. The molecule has 0 spiro atoms. The number of nitrogens with one attached hydrogen (secondary N) is 1. The molecular weight excluding hydrogens is 242 g/mol. The molecule has 1 aromatic carbocycles. The smallest absolute Gasteiger partial charge is 0.272 e. The predicted molar refractivity (Wildman–Crippen MR) is 73.0 cm³/mol. The normalized spacial score (nSPS) is 26.6. The lowest BCUT2D eigenvalue weighted by atomic mass is 10.0. The van der Waals surface area contributed by atoms with Crippen LogP contribution in [0.5, 0.6) is 0 Å². The van der Waals surface area contributed by atoms with Crippen LogP contribution in [0.1, 0.15) is 11.1 Å². The van der Waals surface area contributed by atoms with Crippen LogP contribution >= 0.6 is 0 Å². The third kappa shape index (κ3) is 2.35. The predicted octanol–water partition coefficient (Wildman–Crippen LogP) is 1.55. The number of hydrogen-bond acceptors (Lipinski definition) is 4. The van der Waals surface area contributed by atoms with Crippen LogP contribution in [0.25, 0.3) is 0 Å². The molecule has 3 rings (SSSR count). The molecule has 2 atom stereocenters. The number of nitro benzene ring substituents is 1. The first-order valence-electron chi connectivity index (χ1n) is 6.81. The molecule has 0 amide bonds. The van der Waals surface area contributed by atoms with Crippen molar-refractivity contribution in [2.24, 2.45) is 11.8 Å². The molecule has 2 fully saturated rings. The van der Waals surface area contributed by atoms with Gasteiger partial charge in [-0.1, -0.05) is 12.1 Å². The van der Waals surface area contributed by atoms with Crippen molar-refractivity contribution in [2.75, 3.05) is 26.2 Å². The average Bonchev–Trinajstić information content (AvgIpc) is 2.92. The number of benzene rings is 1. The standard InChI is InChI=1S/C14H19N3O2/c1-10-11(3-2-4-14(10)17(18)19)7-16-8-12-5-15-6-13(12)9-16/h2-4,12-13,15H,5-9H2,1H3/t12-,13+. The molecule has 0 bridgehead atoms. The van der Waals surface area contributed by atoms with Crippen molar-refractivity contribution in [3.63, 3.8) is 0 Å². The van der Waals surface area contributed by atoms with Crippen molar-refractivity contribution in [3.05, 3.63) is 39.4 Å². The molecule has 5 nitrogen and oxygen atoms in total. The van der Waals surface area contributed by atoms with Crippen molar-refractivity contribution in [1.29, 1.82) is 0 Å². The molecule has 1 N–H and O–H groups in total. The van der Waals surface area contributed by atoms with E-state index in [1.165, 1.54) is 0 Å². The minimum absolute atomic E-state index is 0.235. The van der Waals surface area contributed by atoms with E-state index in [0.717, 1.165) is 55.7 Å². The average molecular weight is 261 g/mol. The first kappa shape index (κ1) is 12.6. The van der Waals surface area contributed by atoms with Crippen molar-refractivity contribution >= 4 is 5.69 Å². The van der Waals surface area contributed by atoms with E-state index >= 15 is 0 Å². The Morgan fingerprint density at radius 2 is 2.05 bits per heavy atom. The minimum Gasteiger partial charge on any atom is -0.316 e. The Bertz CT molecular complexity index is 491. The maximum atomic E-state index is 11.0. The summed E-state index contributed by atoms with van der Waals surface area (Å²) < 4.78 is 0. The zero-order chi connectivity index (χ0) is 13.4. The van der Waals surface area contributed by atoms with Gasteiger partial charge in [-0.15, -0.1) is 0 Å². The molecule has 2 aliphatic heterocycles. The highest BCUT2D eigenvalue weighted by Crippen LogP contribution is 2.29. The van der Waals surface area contributed by atoms with Crippen LogP contribution in [0, 0.1) is 28.9 Å². The first-order chi connectivity index (χ1) is 9.15. The second-order valence-corrected chi connectivity index (χ2v) is 5.69. The molecule has 2 aliphatic rings. The van der Waals surface area contributed by atoms with Gasteiger partial charge in [0.15, 0.2) is 0 Å². The Labute approximate surface area is 112 Å². The lowest BCUT2D eigenvalue weighted by molar-refractivity contribution is -0.385. The van der Waals surface area contributed by atoms with Gasteiger partial charge in [0.05, 0.1) is 4.92 Å². The van der Waals surface area contributed by atoms with Crippen LogP contribution in [0.3, 0.4) is 0 Å². The molecule has 0 aromatic heterocycles. The Hall–Kier alpha value is -1.46. The van der Waals surface area contributed by atoms with E-state index in [0.29, 0.717) is 0 Å². The Kier molecular flexibility index (Phi) is 3.24. The fraction of sp³-hybridized carbons (Fsp3) is 0.571. The van der Waals surface area contributed by atoms with E-state index in [2.05, 4.69) is 10.2 Å². The van der Waals surface area contributed by atoms with Crippen molar-refractivity contribution < 1.29 is 4.92 Å². The van der Waals surface area contributed by atoms with Crippen LogP contribution in [0.4, 0.5) is 5.69 Å². The zero-order valence-corrected chi connectivity index (χ0v) is 11.1. The molecule has 0 aliphatic carbocycles. The first-order valence-corrected chi connectivity index (χ1v) is 6.81. The van der Waals surface area contributed by atoms with E-state index in [9.17, 15) is 10.1 Å². The summed E-state index contributed by atoms with van der Waals surface area (Å²) in [5.74, 6) is 1.53. The summed E-state index contributed by atoms with van der Waals surface area (Å²) in [5.41, 5.74) is 2.13. The highest BCUT2D eigenvalue weighted by molar-refractivity contribution is 5.44. The van der Waals surface area contributed by atoms with E-state index in [1.54, 1.807) is 12.1 Å². The SMILES string of the molecule is Cc1c(CN2C[C@H]3CNC[C@H]3C2)cccc1[N+](=O)[O-]. The lowest BCUT2D eigenvalue weighted by Crippen LogP contribution is -2.25. The zero-order valence-electron chi connectivity index (χ0n) is 11.1. The van der Waals surface area contributed by atoms with Crippen LogP contribution < -0.4 is 5.32 Å². The van der Waals surface area contributed by atoms with Gasteiger partial charge in [0.1, 0.15) is 0 Å². The molecule has 0 saturated carbocycles. The summed E-state index contributed by atoms with van der Waals surface area (Å²) in [6.45, 7) is 7.15.